The summed E-state index contributed by atoms with van der Waals surface area (Å²) in [5.74, 6) is 0. The number of fused-ring (bicyclic) bond motifs is 2. The van der Waals surface area contributed by atoms with Crippen LogP contribution in [-0.2, 0) is 28.0 Å². The third-order valence-electron chi connectivity index (χ3n) is 5.61. The van der Waals surface area contributed by atoms with Crippen molar-refractivity contribution in [2.24, 2.45) is 5.18 Å². The Balaban J connectivity index is 1.59. The van der Waals surface area contributed by atoms with Crippen LogP contribution in [0.15, 0.2) is 47.0 Å². The lowest BCUT2D eigenvalue weighted by atomic mass is 9.78. The largest absolute Gasteiger partial charge is 0.355 e. The van der Waals surface area contributed by atoms with Gasteiger partial charge in [-0.2, -0.15) is 4.91 Å². The molecule has 1 fully saturated rings. The van der Waals surface area contributed by atoms with Crippen molar-refractivity contribution in [3.05, 3.63) is 62.7 Å². The lowest BCUT2D eigenvalue weighted by molar-refractivity contribution is -0.231. The van der Waals surface area contributed by atoms with Crippen LogP contribution < -0.4 is 0 Å². The molecule has 2 aliphatic heterocycles. The summed E-state index contributed by atoms with van der Waals surface area (Å²) in [6.45, 7) is 2.00. The Morgan fingerprint density at radius 1 is 1.35 bits per heavy atom. The number of piperidine rings is 1. The summed E-state index contributed by atoms with van der Waals surface area (Å²) in [4.78, 5) is 14.8. The maximum Gasteiger partial charge on any atom is 0.163 e. The molecule has 5 nitrogen and oxygen atoms in total. The number of hydrogen-bond donors (Lipinski definition) is 0. The molecule has 138 valence electrons. The van der Waals surface area contributed by atoms with Gasteiger partial charge in [-0.25, -0.2) is 0 Å². The number of rotatable bonds is 5. The molecular formula is C20H24N2O3S. The summed E-state index contributed by atoms with van der Waals surface area (Å²) in [6, 6.07) is 12.7. The molecule has 1 spiro atoms. The lowest BCUT2D eigenvalue weighted by Gasteiger charge is -2.49. The Bertz CT molecular complexity index is 751. The second-order valence-corrected chi connectivity index (χ2v) is 8.12. The molecule has 2 aromatic rings. The molecule has 0 saturated carbocycles. The summed E-state index contributed by atoms with van der Waals surface area (Å²) >= 11 is 1.77. The summed E-state index contributed by atoms with van der Waals surface area (Å²) < 4.78 is 12.0. The number of likely N-dealkylation sites (tertiary alicyclic amines) is 1. The van der Waals surface area contributed by atoms with Gasteiger partial charge in [0, 0.05) is 37.5 Å². The van der Waals surface area contributed by atoms with Gasteiger partial charge in [0.25, 0.3) is 0 Å². The average Bonchev–Trinajstić information content (AvgIpc) is 3.15. The van der Waals surface area contributed by atoms with Crippen LogP contribution in [0.2, 0.25) is 0 Å². The van der Waals surface area contributed by atoms with Gasteiger partial charge in [-0.05, 0) is 35.4 Å². The molecule has 0 radical (unpaired) electrons. The number of benzene rings is 1. The lowest BCUT2D eigenvalue weighted by Crippen LogP contribution is -2.53. The fraction of sp³-hybridized carbons (Fsp3) is 0.500. The molecule has 1 saturated heterocycles. The Hall–Kier alpha value is -1.60. The molecule has 0 bridgehead atoms. The van der Waals surface area contributed by atoms with Gasteiger partial charge in [0.2, 0.25) is 0 Å². The Labute approximate surface area is 157 Å². The normalized spacial score (nSPS) is 28.8. The second-order valence-electron chi connectivity index (χ2n) is 7.11. The van der Waals surface area contributed by atoms with E-state index in [0.717, 1.165) is 32.4 Å². The Morgan fingerprint density at radius 2 is 2.19 bits per heavy atom. The molecule has 2 aliphatic rings. The van der Waals surface area contributed by atoms with Crippen LogP contribution in [0.5, 0.6) is 0 Å². The third kappa shape index (κ3) is 3.34. The maximum absolute atomic E-state index is 11.1. The number of nitroso groups, excluding NO2 is 1. The van der Waals surface area contributed by atoms with E-state index >= 15 is 0 Å². The van der Waals surface area contributed by atoms with Crippen LogP contribution in [0.25, 0.3) is 0 Å². The number of methoxy groups -OCH3 is 1. The van der Waals surface area contributed by atoms with E-state index in [1.54, 1.807) is 18.4 Å². The van der Waals surface area contributed by atoms with Gasteiger partial charge in [0.05, 0.1) is 6.54 Å². The molecule has 6 heteroatoms. The van der Waals surface area contributed by atoms with Crippen molar-refractivity contribution < 1.29 is 9.47 Å². The monoisotopic (exact) mass is 372 g/mol. The summed E-state index contributed by atoms with van der Waals surface area (Å²) in [5, 5.41) is 5.37. The molecule has 4 rings (SSSR count). The number of thiophene rings is 1. The minimum absolute atomic E-state index is 0.0739. The van der Waals surface area contributed by atoms with E-state index in [9.17, 15) is 4.91 Å². The average molecular weight is 372 g/mol. The minimum Gasteiger partial charge on any atom is -0.355 e. The van der Waals surface area contributed by atoms with Crippen molar-refractivity contribution in [2.45, 2.75) is 43.7 Å². The summed E-state index contributed by atoms with van der Waals surface area (Å²) in [5.41, 5.74) is 2.18. The predicted molar refractivity (Wildman–Crippen MR) is 102 cm³/mol. The minimum atomic E-state index is -0.364. The van der Waals surface area contributed by atoms with Gasteiger partial charge in [-0.1, -0.05) is 35.5 Å². The molecule has 0 aliphatic carbocycles. The summed E-state index contributed by atoms with van der Waals surface area (Å²) in [7, 11) is 1.70. The van der Waals surface area contributed by atoms with E-state index in [-0.39, 0.29) is 24.5 Å². The van der Waals surface area contributed by atoms with Crippen molar-refractivity contribution in [3.8, 4) is 0 Å². The Kier molecular flexibility index (Phi) is 5.18. The highest BCUT2D eigenvalue weighted by Crippen LogP contribution is 2.47. The predicted octanol–water partition coefficient (Wildman–Crippen LogP) is 3.92. The molecule has 3 heterocycles. The zero-order valence-corrected chi connectivity index (χ0v) is 15.8. The van der Waals surface area contributed by atoms with E-state index in [1.807, 2.05) is 6.07 Å². The van der Waals surface area contributed by atoms with Crippen LogP contribution in [0.4, 0.5) is 0 Å². The van der Waals surface area contributed by atoms with Crippen molar-refractivity contribution in [2.75, 3.05) is 20.2 Å². The first-order chi connectivity index (χ1) is 12.7. The van der Waals surface area contributed by atoms with Gasteiger partial charge < -0.3 is 9.47 Å². The molecule has 1 aromatic heterocycles. The number of hydrogen-bond acceptors (Lipinski definition) is 6. The highest BCUT2D eigenvalue weighted by Gasteiger charge is 2.47. The van der Waals surface area contributed by atoms with E-state index in [2.05, 4.69) is 45.8 Å². The first-order valence-corrected chi connectivity index (χ1v) is 9.96. The smallest absolute Gasteiger partial charge is 0.163 e. The summed E-state index contributed by atoms with van der Waals surface area (Å²) in [6.07, 6.45) is 2.26. The molecule has 1 aromatic carbocycles. The first kappa shape index (κ1) is 17.8. The Morgan fingerprint density at radius 3 is 2.96 bits per heavy atom. The van der Waals surface area contributed by atoms with Gasteiger partial charge in [0.15, 0.2) is 6.29 Å². The van der Waals surface area contributed by atoms with Crippen LogP contribution in [0.3, 0.4) is 0 Å². The topological polar surface area (TPSA) is 51.1 Å². The zero-order chi connectivity index (χ0) is 18.0. The fourth-order valence-electron chi connectivity index (χ4n) is 4.31. The standard InChI is InChI=1S/C20H24N2O3S/c1-24-19-11-18-17(7-10-26-18)20(25-19)8-9-22(16(12-20)13-21-23)14-15-5-3-2-4-6-15/h2-7,10,16,19H,8-9,11-14H2,1H3. The van der Waals surface area contributed by atoms with E-state index in [0.29, 0.717) is 0 Å². The van der Waals surface area contributed by atoms with Crippen LogP contribution in [0, 0.1) is 4.91 Å². The van der Waals surface area contributed by atoms with E-state index in [1.165, 1.54) is 16.0 Å². The SMILES string of the molecule is COC1Cc2sccc2C2(CCN(Cc3ccccc3)C(CN=O)C2)O1. The van der Waals surface area contributed by atoms with Gasteiger partial charge >= 0.3 is 0 Å². The van der Waals surface area contributed by atoms with Crippen LogP contribution >= 0.6 is 11.3 Å². The van der Waals surface area contributed by atoms with Crippen molar-refractivity contribution in [3.63, 3.8) is 0 Å². The molecule has 3 unspecified atom stereocenters. The zero-order valence-electron chi connectivity index (χ0n) is 15.0. The van der Waals surface area contributed by atoms with Crippen molar-refractivity contribution >= 4 is 11.3 Å². The third-order valence-corrected chi connectivity index (χ3v) is 6.55. The molecular weight excluding hydrogens is 348 g/mol. The van der Waals surface area contributed by atoms with Gasteiger partial charge in [-0.3, -0.25) is 4.90 Å². The molecule has 3 atom stereocenters. The second kappa shape index (κ2) is 7.56. The number of ether oxygens (including phenoxy) is 2. The van der Waals surface area contributed by atoms with E-state index in [4.69, 9.17) is 9.47 Å². The quantitative estimate of drug-likeness (QED) is 0.747. The molecule has 26 heavy (non-hydrogen) atoms. The highest BCUT2D eigenvalue weighted by molar-refractivity contribution is 7.10. The molecule has 0 amide bonds. The maximum atomic E-state index is 11.1. The van der Waals surface area contributed by atoms with Crippen LogP contribution in [0.1, 0.15) is 28.8 Å². The first-order valence-electron chi connectivity index (χ1n) is 9.08. The van der Waals surface area contributed by atoms with Gasteiger partial charge in [-0.15, -0.1) is 11.3 Å². The number of nitrogens with zero attached hydrogens (tertiary/aromatic N) is 2. The van der Waals surface area contributed by atoms with Gasteiger partial charge in [0.1, 0.15) is 5.60 Å². The highest BCUT2D eigenvalue weighted by atomic mass is 32.1. The van der Waals surface area contributed by atoms with Crippen molar-refractivity contribution in [1.82, 2.24) is 4.90 Å². The van der Waals surface area contributed by atoms with Crippen molar-refractivity contribution in [1.29, 1.82) is 0 Å². The van der Waals surface area contributed by atoms with Crippen LogP contribution in [-0.4, -0.2) is 37.4 Å². The molecule has 0 N–H and O–H groups in total. The van der Waals surface area contributed by atoms with E-state index < -0.39 is 0 Å². The fourth-order valence-corrected chi connectivity index (χ4v) is 5.29.